The van der Waals surface area contributed by atoms with Gasteiger partial charge in [0.15, 0.2) is 0 Å². The van der Waals surface area contributed by atoms with Crippen LogP contribution in [0.4, 0.5) is 5.95 Å². The molecule has 1 atom stereocenters. The number of aromatic amines is 1. The summed E-state index contributed by atoms with van der Waals surface area (Å²) in [6.45, 7) is 2.39. The number of carbonyl (C=O) groups is 1. The van der Waals surface area contributed by atoms with Crippen molar-refractivity contribution in [2.45, 2.75) is 32.2 Å². The van der Waals surface area contributed by atoms with E-state index < -0.39 is 6.04 Å². The number of unbranched alkanes of at least 4 members (excludes halogenated alkanes) is 1. The van der Waals surface area contributed by atoms with Crippen LogP contribution in [-0.2, 0) is 4.79 Å². The monoisotopic (exact) mass is 344 g/mol. The number of rotatable bonds is 7. The molecule has 0 saturated heterocycles. The fourth-order valence-corrected chi connectivity index (χ4v) is 1.28. The van der Waals surface area contributed by atoms with Crippen molar-refractivity contribution in [3.63, 3.8) is 0 Å². The predicted octanol–water partition coefficient (Wildman–Crippen LogP) is -0.968. The third-order valence-corrected chi connectivity index (χ3v) is 2.20. The molecule has 1 amide bonds. The number of anilines is 1. The minimum absolute atomic E-state index is 0. The number of halogens is 2. The number of amidine groups is 1. The molecule has 12 heteroatoms. The van der Waals surface area contributed by atoms with Crippen molar-refractivity contribution in [3.8, 4) is 0 Å². The molecule has 1 aromatic rings. The first kappa shape index (κ1) is 24.5. The second-order valence-corrected chi connectivity index (χ2v) is 3.85. The van der Waals surface area contributed by atoms with E-state index in [-0.39, 0.29) is 42.1 Å². The summed E-state index contributed by atoms with van der Waals surface area (Å²) in [5, 5.41) is 15.2. The third kappa shape index (κ3) is 10.9. The summed E-state index contributed by atoms with van der Waals surface area (Å²) in [5.41, 5.74) is 11.1. The zero-order chi connectivity index (χ0) is 13.4. The van der Waals surface area contributed by atoms with Crippen molar-refractivity contribution in [2.24, 2.45) is 16.5 Å². The molecule has 8 N–H and O–H groups in total. The average molecular weight is 345 g/mol. The second-order valence-electron chi connectivity index (χ2n) is 3.85. The molecule has 0 unspecified atom stereocenters. The minimum atomic E-state index is -0.591. The van der Waals surface area contributed by atoms with Crippen LogP contribution in [0.2, 0.25) is 0 Å². The van der Waals surface area contributed by atoms with E-state index in [0.717, 1.165) is 12.8 Å². The molecule has 0 spiro atoms. The predicted molar refractivity (Wildman–Crippen MR) is 84.9 cm³/mol. The Hall–Kier alpha value is -1.49. The SMILES string of the molecule is CC(N)=NCCCC[C@H](N)C(=O)Nc1nn[nH]n1.Cl.Cl.O. The maximum absolute atomic E-state index is 11.6. The molecule has 0 fully saturated rings. The van der Waals surface area contributed by atoms with E-state index in [0.29, 0.717) is 18.8 Å². The highest BCUT2D eigenvalue weighted by molar-refractivity contribution is 5.93. The van der Waals surface area contributed by atoms with Gasteiger partial charge in [0.1, 0.15) is 0 Å². The van der Waals surface area contributed by atoms with Crippen molar-refractivity contribution in [3.05, 3.63) is 0 Å². The lowest BCUT2D eigenvalue weighted by atomic mass is 10.1. The smallest absolute Gasteiger partial charge is 0.269 e. The van der Waals surface area contributed by atoms with E-state index in [9.17, 15) is 4.79 Å². The number of carbonyl (C=O) groups excluding carboxylic acids is 1. The molecular formula is C9H22Cl2N8O2. The van der Waals surface area contributed by atoms with Gasteiger partial charge in [0.05, 0.1) is 11.9 Å². The molecule has 0 bridgehead atoms. The van der Waals surface area contributed by atoms with Crippen LogP contribution in [0.25, 0.3) is 0 Å². The molecule has 1 rings (SSSR count). The molecule has 0 saturated carbocycles. The quantitative estimate of drug-likeness (QED) is 0.280. The number of aromatic nitrogens is 4. The number of nitrogens with two attached hydrogens (primary N) is 2. The molecule has 21 heavy (non-hydrogen) atoms. The Bertz CT molecular complexity index is 396. The fourth-order valence-electron chi connectivity index (χ4n) is 1.28. The topological polar surface area (TPSA) is 179 Å². The first-order valence-electron chi connectivity index (χ1n) is 5.66. The van der Waals surface area contributed by atoms with Gasteiger partial charge in [-0.2, -0.15) is 5.21 Å². The van der Waals surface area contributed by atoms with Crippen molar-refractivity contribution in [1.29, 1.82) is 0 Å². The van der Waals surface area contributed by atoms with Crippen molar-refractivity contribution in [2.75, 3.05) is 11.9 Å². The number of nitrogens with one attached hydrogen (secondary N) is 2. The van der Waals surface area contributed by atoms with Crippen molar-refractivity contribution >= 4 is 42.5 Å². The highest BCUT2D eigenvalue weighted by Crippen LogP contribution is 2.02. The van der Waals surface area contributed by atoms with Gasteiger partial charge in [0.25, 0.3) is 5.95 Å². The van der Waals surface area contributed by atoms with Gasteiger partial charge >= 0.3 is 0 Å². The lowest BCUT2D eigenvalue weighted by molar-refractivity contribution is -0.117. The van der Waals surface area contributed by atoms with E-state index in [1.807, 2.05) is 0 Å². The zero-order valence-electron chi connectivity index (χ0n) is 11.6. The first-order chi connectivity index (χ1) is 8.59. The van der Waals surface area contributed by atoms with Gasteiger partial charge in [0.2, 0.25) is 5.91 Å². The van der Waals surface area contributed by atoms with Gasteiger partial charge in [-0.1, -0.05) is 5.10 Å². The van der Waals surface area contributed by atoms with Crippen LogP contribution in [0.3, 0.4) is 0 Å². The van der Waals surface area contributed by atoms with E-state index in [4.69, 9.17) is 11.5 Å². The molecule has 0 aliphatic carbocycles. The van der Waals surface area contributed by atoms with Gasteiger partial charge in [-0.3, -0.25) is 15.1 Å². The molecule has 1 aromatic heterocycles. The molecule has 0 aromatic carbocycles. The maximum Gasteiger partial charge on any atom is 0.269 e. The summed E-state index contributed by atoms with van der Waals surface area (Å²) >= 11 is 0. The van der Waals surface area contributed by atoms with Crippen LogP contribution in [0.15, 0.2) is 4.99 Å². The number of tetrazole rings is 1. The largest absolute Gasteiger partial charge is 0.412 e. The highest BCUT2D eigenvalue weighted by atomic mass is 35.5. The van der Waals surface area contributed by atoms with E-state index in [1.54, 1.807) is 6.92 Å². The molecule has 1 heterocycles. The number of H-pyrrole nitrogens is 1. The lowest BCUT2D eigenvalue weighted by Gasteiger charge is -2.09. The Morgan fingerprint density at radius 3 is 2.62 bits per heavy atom. The minimum Gasteiger partial charge on any atom is -0.412 e. The molecular weight excluding hydrogens is 323 g/mol. The average Bonchev–Trinajstić information content (AvgIpc) is 2.80. The van der Waals surface area contributed by atoms with Crippen LogP contribution in [-0.4, -0.2) is 50.4 Å². The van der Waals surface area contributed by atoms with Crippen LogP contribution in [0.5, 0.6) is 0 Å². The fraction of sp³-hybridized carbons (Fsp3) is 0.667. The van der Waals surface area contributed by atoms with E-state index in [1.165, 1.54) is 0 Å². The third-order valence-electron chi connectivity index (χ3n) is 2.20. The Labute approximate surface area is 134 Å². The lowest BCUT2D eigenvalue weighted by Crippen LogP contribution is -2.35. The Kier molecular flexibility index (Phi) is 15.8. The van der Waals surface area contributed by atoms with Gasteiger partial charge in [-0.25, -0.2) is 0 Å². The Morgan fingerprint density at radius 2 is 2.10 bits per heavy atom. The number of aliphatic imine (C=N–C) groups is 1. The molecule has 0 radical (unpaired) electrons. The Balaban J connectivity index is -0.00000108. The molecule has 124 valence electrons. The van der Waals surface area contributed by atoms with Gasteiger partial charge in [0, 0.05) is 6.54 Å². The number of amides is 1. The first-order valence-corrected chi connectivity index (χ1v) is 5.66. The molecule has 10 nitrogen and oxygen atoms in total. The van der Waals surface area contributed by atoms with Gasteiger partial charge < -0.3 is 16.9 Å². The Morgan fingerprint density at radius 1 is 1.43 bits per heavy atom. The van der Waals surface area contributed by atoms with Crippen LogP contribution >= 0.6 is 24.8 Å². The molecule has 0 aliphatic rings. The summed E-state index contributed by atoms with van der Waals surface area (Å²) in [4.78, 5) is 15.6. The normalized spacial score (nSPS) is 11.4. The summed E-state index contributed by atoms with van der Waals surface area (Å²) in [5.74, 6) is 0.364. The van der Waals surface area contributed by atoms with Gasteiger partial charge in [-0.15, -0.1) is 29.9 Å². The summed E-state index contributed by atoms with van der Waals surface area (Å²) in [7, 11) is 0. The van der Waals surface area contributed by atoms with Crippen molar-refractivity contribution < 1.29 is 10.3 Å². The maximum atomic E-state index is 11.6. The van der Waals surface area contributed by atoms with E-state index in [2.05, 4.69) is 30.9 Å². The summed E-state index contributed by atoms with van der Waals surface area (Å²) in [6.07, 6.45) is 2.22. The van der Waals surface area contributed by atoms with Crippen molar-refractivity contribution in [1.82, 2.24) is 20.6 Å². The number of nitrogens with zero attached hydrogens (tertiary/aromatic N) is 4. The number of hydrogen-bond donors (Lipinski definition) is 4. The molecule has 0 aliphatic heterocycles. The number of hydrogen-bond acceptors (Lipinski definition) is 6. The summed E-state index contributed by atoms with van der Waals surface area (Å²) < 4.78 is 0. The zero-order valence-corrected chi connectivity index (χ0v) is 13.2. The van der Waals surface area contributed by atoms with Gasteiger partial charge in [-0.05, 0) is 31.4 Å². The second kappa shape index (κ2) is 13.5. The highest BCUT2D eigenvalue weighted by Gasteiger charge is 2.14. The standard InChI is InChI=1S/C9H18N8O.2ClH.H2O/c1-6(10)12-5-3-2-4-7(11)8(18)13-9-14-16-17-15-9;;;/h7H,2-5,11H2,1H3,(H2,10,12)(H2,13,14,15,16,17,18);2*1H;1H2/t7-;;;/m0.../s1. The summed E-state index contributed by atoms with van der Waals surface area (Å²) in [6, 6.07) is -0.591. The van der Waals surface area contributed by atoms with E-state index >= 15 is 0 Å². The van der Waals surface area contributed by atoms with Crippen LogP contribution in [0.1, 0.15) is 26.2 Å². The van der Waals surface area contributed by atoms with Crippen LogP contribution in [0, 0.1) is 0 Å². The van der Waals surface area contributed by atoms with Crippen LogP contribution < -0.4 is 16.8 Å².